The SMILES string of the molecule is CCO.Cn1cc(-c2ccnc3ccccc23)c(-c2ccccn2)n1. The van der Waals surface area contributed by atoms with Crippen molar-refractivity contribution in [2.24, 2.45) is 7.05 Å². The number of aryl methyl sites for hydroxylation is 1. The predicted molar refractivity (Wildman–Crippen MR) is 99.9 cm³/mol. The molecule has 0 aliphatic heterocycles. The van der Waals surface area contributed by atoms with Gasteiger partial charge in [0, 0.05) is 43.2 Å². The van der Waals surface area contributed by atoms with Crippen LogP contribution < -0.4 is 0 Å². The first-order valence-electron chi connectivity index (χ1n) is 8.14. The van der Waals surface area contributed by atoms with Crippen molar-refractivity contribution < 1.29 is 5.11 Å². The van der Waals surface area contributed by atoms with Gasteiger partial charge < -0.3 is 5.11 Å². The van der Waals surface area contributed by atoms with Crippen molar-refractivity contribution in [3.8, 4) is 22.5 Å². The Morgan fingerprint density at radius 1 is 0.920 bits per heavy atom. The summed E-state index contributed by atoms with van der Waals surface area (Å²) in [5.41, 5.74) is 4.94. The minimum atomic E-state index is 0.250. The van der Waals surface area contributed by atoms with E-state index >= 15 is 0 Å². The van der Waals surface area contributed by atoms with E-state index in [0.717, 1.165) is 33.4 Å². The van der Waals surface area contributed by atoms with Crippen LogP contribution in [0.3, 0.4) is 0 Å². The number of aliphatic hydroxyl groups excluding tert-OH is 1. The molecule has 25 heavy (non-hydrogen) atoms. The van der Waals surface area contributed by atoms with Crippen LogP contribution in [0.1, 0.15) is 6.92 Å². The topological polar surface area (TPSA) is 63.8 Å². The van der Waals surface area contributed by atoms with Gasteiger partial charge in [-0.1, -0.05) is 24.3 Å². The zero-order valence-corrected chi connectivity index (χ0v) is 14.3. The molecule has 0 radical (unpaired) electrons. The van der Waals surface area contributed by atoms with Crippen LogP contribution in [0.25, 0.3) is 33.4 Å². The molecule has 0 saturated carbocycles. The molecule has 0 bridgehead atoms. The maximum Gasteiger partial charge on any atom is 0.119 e. The number of rotatable bonds is 2. The monoisotopic (exact) mass is 332 g/mol. The number of fused-ring (bicyclic) bond motifs is 1. The molecule has 0 amide bonds. The van der Waals surface area contributed by atoms with E-state index in [4.69, 9.17) is 5.11 Å². The maximum atomic E-state index is 7.57. The van der Waals surface area contributed by atoms with E-state index in [0.29, 0.717) is 0 Å². The second kappa shape index (κ2) is 7.68. The Balaban J connectivity index is 0.000000569. The van der Waals surface area contributed by atoms with E-state index in [1.54, 1.807) is 13.1 Å². The first-order valence-corrected chi connectivity index (χ1v) is 8.14. The molecule has 0 saturated heterocycles. The molecule has 0 aliphatic carbocycles. The van der Waals surface area contributed by atoms with Crippen molar-refractivity contribution >= 4 is 10.9 Å². The van der Waals surface area contributed by atoms with E-state index in [9.17, 15) is 0 Å². The van der Waals surface area contributed by atoms with E-state index < -0.39 is 0 Å². The van der Waals surface area contributed by atoms with Crippen molar-refractivity contribution in [3.05, 3.63) is 67.1 Å². The number of hydrogen-bond donors (Lipinski definition) is 1. The second-order valence-electron chi connectivity index (χ2n) is 5.47. The van der Waals surface area contributed by atoms with Gasteiger partial charge in [0.05, 0.1) is 11.2 Å². The molecule has 0 aliphatic rings. The van der Waals surface area contributed by atoms with Crippen LogP contribution in [0.15, 0.2) is 67.1 Å². The summed E-state index contributed by atoms with van der Waals surface area (Å²) in [4.78, 5) is 8.87. The van der Waals surface area contributed by atoms with Gasteiger partial charge in [-0.15, -0.1) is 0 Å². The fourth-order valence-corrected chi connectivity index (χ4v) is 2.71. The molecule has 0 fully saturated rings. The third kappa shape index (κ3) is 3.56. The van der Waals surface area contributed by atoms with Gasteiger partial charge in [0.25, 0.3) is 0 Å². The Hall–Kier alpha value is -3.05. The number of aliphatic hydroxyl groups is 1. The van der Waals surface area contributed by atoms with Crippen LogP contribution in [0.2, 0.25) is 0 Å². The predicted octanol–water partition coefficient (Wildman–Crippen LogP) is 3.70. The van der Waals surface area contributed by atoms with Crippen LogP contribution in [0, 0.1) is 0 Å². The molecule has 0 atom stereocenters. The molecule has 4 aromatic rings. The normalized spacial score (nSPS) is 10.4. The molecule has 3 heterocycles. The molecule has 4 rings (SSSR count). The first-order chi connectivity index (χ1) is 12.2. The summed E-state index contributed by atoms with van der Waals surface area (Å²) in [6.07, 6.45) is 5.66. The largest absolute Gasteiger partial charge is 0.397 e. The number of para-hydroxylation sites is 1. The fraction of sp³-hybridized carbons (Fsp3) is 0.150. The van der Waals surface area contributed by atoms with Crippen molar-refractivity contribution in [1.29, 1.82) is 0 Å². The van der Waals surface area contributed by atoms with Gasteiger partial charge in [0.1, 0.15) is 5.69 Å². The number of nitrogens with zero attached hydrogens (tertiary/aromatic N) is 4. The van der Waals surface area contributed by atoms with Gasteiger partial charge >= 0.3 is 0 Å². The Morgan fingerprint density at radius 2 is 1.68 bits per heavy atom. The molecule has 5 heteroatoms. The molecular weight excluding hydrogens is 312 g/mol. The summed E-state index contributed by atoms with van der Waals surface area (Å²) in [7, 11) is 1.93. The van der Waals surface area contributed by atoms with Gasteiger partial charge in [-0.3, -0.25) is 14.6 Å². The van der Waals surface area contributed by atoms with Crippen LogP contribution in [-0.4, -0.2) is 31.5 Å². The smallest absolute Gasteiger partial charge is 0.119 e. The third-order valence-corrected chi connectivity index (χ3v) is 3.68. The lowest BCUT2D eigenvalue weighted by Crippen LogP contribution is -1.89. The minimum absolute atomic E-state index is 0.250. The molecule has 0 spiro atoms. The summed E-state index contributed by atoms with van der Waals surface area (Å²) in [5, 5.41) is 13.3. The standard InChI is InChI=1S/C18H14N4.C2H6O/c1-22-12-15(18(21-22)17-8-4-5-10-19-17)13-9-11-20-16-7-3-2-6-14(13)16;1-2-3/h2-12H,1H3;3H,2H2,1H3. The van der Waals surface area contributed by atoms with Gasteiger partial charge in [0.15, 0.2) is 0 Å². The fourth-order valence-electron chi connectivity index (χ4n) is 2.71. The van der Waals surface area contributed by atoms with E-state index in [-0.39, 0.29) is 6.61 Å². The Kier molecular flexibility index (Phi) is 5.16. The number of aromatic nitrogens is 4. The average Bonchev–Trinajstić information content (AvgIpc) is 3.04. The molecule has 3 aromatic heterocycles. The lowest BCUT2D eigenvalue weighted by Gasteiger charge is -2.06. The highest BCUT2D eigenvalue weighted by atomic mass is 16.2. The highest BCUT2D eigenvalue weighted by molar-refractivity contribution is 5.97. The van der Waals surface area contributed by atoms with Crippen molar-refractivity contribution in [1.82, 2.24) is 19.7 Å². The Morgan fingerprint density at radius 3 is 2.44 bits per heavy atom. The molecular formula is C20H20N4O. The first kappa shape index (κ1) is 16.8. The van der Waals surface area contributed by atoms with Crippen LogP contribution in [0.5, 0.6) is 0 Å². The summed E-state index contributed by atoms with van der Waals surface area (Å²) in [6, 6.07) is 16.1. The summed E-state index contributed by atoms with van der Waals surface area (Å²) < 4.78 is 1.83. The third-order valence-electron chi connectivity index (χ3n) is 3.68. The zero-order valence-electron chi connectivity index (χ0n) is 14.3. The van der Waals surface area contributed by atoms with Gasteiger partial charge in [-0.2, -0.15) is 5.10 Å². The molecule has 1 aromatic carbocycles. The Labute approximate surface area is 146 Å². The quantitative estimate of drug-likeness (QED) is 0.608. The van der Waals surface area contributed by atoms with Crippen LogP contribution >= 0.6 is 0 Å². The zero-order chi connectivity index (χ0) is 17.6. The highest BCUT2D eigenvalue weighted by Crippen LogP contribution is 2.33. The Bertz CT molecular complexity index is 959. The van der Waals surface area contributed by atoms with Crippen molar-refractivity contribution in [3.63, 3.8) is 0 Å². The van der Waals surface area contributed by atoms with Gasteiger partial charge in [-0.25, -0.2) is 0 Å². The molecule has 126 valence electrons. The minimum Gasteiger partial charge on any atom is -0.397 e. The number of hydrogen-bond acceptors (Lipinski definition) is 4. The van der Waals surface area contributed by atoms with E-state index in [1.807, 2.05) is 66.6 Å². The number of pyridine rings is 2. The summed E-state index contributed by atoms with van der Waals surface area (Å²) >= 11 is 0. The summed E-state index contributed by atoms with van der Waals surface area (Å²) in [5.74, 6) is 0. The number of benzene rings is 1. The average molecular weight is 332 g/mol. The highest BCUT2D eigenvalue weighted by Gasteiger charge is 2.15. The molecule has 1 N–H and O–H groups in total. The van der Waals surface area contributed by atoms with E-state index in [1.165, 1.54) is 0 Å². The van der Waals surface area contributed by atoms with Gasteiger partial charge in [-0.05, 0) is 36.8 Å². The van der Waals surface area contributed by atoms with Crippen molar-refractivity contribution in [2.45, 2.75) is 6.92 Å². The van der Waals surface area contributed by atoms with Crippen LogP contribution in [0.4, 0.5) is 0 Å². The van der Waals surface area contributed by atoms with Crippen LogP contribution in [-0.2, 0) is 7.05 Å². The molecule has 0 unspecified atom stereocenters. The lowest BCUT2D eigenvalue weighted by atomic mass is 10.0. The molecule has 5 nitrogen and oxygen atoms in total. The lowest BCUT2D eigenvalue weighted by molar-refractivity contribution is 0.318. The maximum absolute atomic E-state index is 7.57. The second-order valence-corrected chi connectivity index (χ2v) is 5.47. The van der Waals surface area contributed by atoms with E-state index in [2.05, 4.69) is 21.1 Å². The van der Waals surface area contributed by atoms with Gasteiger partial charge in [0.2, 0.25) is 0 Å². The summed E-state index contributed by atoms with van der Waals surface area (Å²) in [6.45, 7) is 1.93. The van der Waals surface area contributed by atoms with Crippen molar-refractivity contribution in [2.75, 3.05) is 6.61 Å².